The summed E-state index contributed by atoms with van der Waals surface area (Å²) in [6.45, 7) is 0. The molecule has 0 aromatic heterocycles. The van der Waals surface area contributed by atoms with Crippen molar-refractivity contribution in [1.82, 2.24) is 5.32 Å². The highest BCUT2D eigenvalue weighted by atomic mass is 127. The van der Waals surface area contributed by atoms with Crippen LogP contribution in [0.4, 0.5) is 4.79 Å². The number of phenols is 1. The van der Waals surface area contributed by atoms with E-state index in [1.807, 2.05) is 12.1 Å². The van der Waals surface area contributed by atoms with E-state index in [4.69, 9.17) is 4.74 Å². The highest BCUT2D eigenvalue weighted by Gasteiger charge is 2.25. The molecule has 1 saturated heterocycles. The highest BCUT2D eigenvalue weighted by molar-refractivity contribution is 14.1. The molecule has 0 radical (unpaired) electrons. The molecule has 25 heavy (non-hydrogen) atoms. The van der Waals surface area contributed by atoms with Crippen molar-refractivity contribution in [2.75, 3.05) is 0 Å². The molecule has 5 nitrogen and oxygen atoms in total. The molecule has 0 spiro atoms. The maximum absolute atomic E-state index is 11.7. The Labute approximate surface area is 183 Å². The van der Waals surface area contributed by atoms with Crippen LogP contribution in [0.15, 0.2) is 39.7 Å². The van der Waals surface area contributed by atoms with Crippen molar-refractivity contribution in [3.05, 3.63) is 52.4 Å². The Morgan fingerprint density at radius 1 is 1.16 bits per heavy atom. The number of ether oxygens (including phenoxy) is 1. The third kappa shape index (κ3) is 4.49. The molecule has 2 N–H and O–H groups in total. The molecule has 0 bridgehead atoms. The van der Waals surface area contributed by atoms with Gasteiger partial charge in [0.05, 0.1) is 16.5 Å². The van der Waals surface area contributed by atoms with Crippen LogP contribution in [0.1, 0.15) is 5.56 Å². The summed E-state index contributed by atoms with van der Waals surface area (Å²) in [6.07, 6.45) is 1.68. The highest BCUT2D eigenvalue weighted by Crippen LogP contribution is 2.36. The van der Waals surface area contributed by atoms with Crippen LogP contribution in [0.3, 0.4) is 0 Å². The molecule has 3 rings (SSSR count). The molecule has 128 valence electrons. The lowest BCUT2D eigenvalue weighted by molar-refractivity contribution is -0.115. The molecule has 2 aromatic rings. The second-order valence-corrected chi connectivity index (χ2v) is 9.07. The van der Waals surface area contributed by atoms with Crippen LogP contribution < -0.4 is 10.1 Å². The summed E-state index contributed by atoms with van der Waals surface area (Å²) in [5, 5.41) is 11.4. The number of thioether (sulfide) groups is 1. The molecular formula is C16H8BrI2NO4S. The van der Waals surface area contributed by atoms with Crippen LogP contribution in [-0.2, 0) is 4.79 Å². The van der Waals surface area contributed by atoms with Gasteiger partial charge in [0.1, 0.15) is 11.5 Å². The second kappa shape index (κ2) is 7.84. The van der Waals surface area contributed by atoms with E-state index in [1.165, 1.54) is 0 Å². The predicted octanol–water partition coefficient (Wildman–Crippen LogP) is 5.48. The lowest BCUT2D eigenvalue weighted by Gasteiger charge is -2.12. The molecular weight excluding hydrogens is 636 g/mol. The van der Waals surface area contributed by atoms with Crippen LogP contribution in [0, 0.1) is 7.14 Å². The minimum atomic E-state index is -0.380. The van der Waals surface area contributed by atoms with E-state index in [1.54, 1.807) is 24.3 Å². The van der Waals surface area contributed by atoms with Crippen LogP contribution >= 0.6 is 72.9 Å². The summed E-state index contributed by atoms with van der Waals surface area (Å²) in [5.74, 6) is 1.03. The van der Waals surface area contributed by atoms with Gasteiger partial charge in [-0.15, -0.1) is 0 Å². The fourth-order valence-electron chi connectivity index (χ4n) is 2.00. The minimum Gasteiger partial charge on any atom is -0.507 e. The van der Waals surface area contributed by atoms with Crippen molar-refractivity contribution < 1.29 is 19.4 Å². The first-order valence-corrected chi connectivity index (χ1v) is 10.5. The fourth-order valence-corrected chi connectivity index (χ4v) is 5.08. The molecule has 1 heterocycles. The summed E-state index contributed by atoms with van der Waals surface area (Å²) in [4.78, 5) is 23.3. The van der Waals surface area contributed by atoms with Gasteiger partial charge in [0.2, 0.25) is 0 Å². The normalized spacial score (nSPS) is 15.6. The number of aromatic hydroxyl groups is 1. The summed E-state index contributed by atoms with van der Waals surface area (Å²) < 4.78 is 8.18. The Bertz CT molecular complexity index is 909. The van der Waals surface area contributed by atoms with Crippen molar-refractivity contribution in [3.8, 4) is 17.2 Å². The zero-order valence-corrected chi connectivity index (χ0v) is 18.9. The number of phenolic OH excluding ortho intramolecular Hbond substituents is 1. The first kappa shape index (κ1) is 19.0. The molecule has 0 atom stereocenters. The number of benzene rings is 2. The van der Waals surface area contributed by atoms with Gasteiger partial charge < -0.3 is 9.84 Å². The second-order valence-electron chi connectivity index (χ2n) is 4.88. The van der Waals surface area contributed by atoms with Gasteiger partial charge in [-0.05, 0) is 115 Å². The molecule has 1 fully saturated rings. The van der Waals surface area contributed by atoms with Gasteiger partial charge in [-0.1, -0.05) is 0 Å². The van der Waals surface area contributed by atoms with Crippen LogP contribution in [0.25, 0.3) is 6.08 Å². The van der Waals surface area contributed by atoms with E-state index in [-0.39, 0.29) is 16.9 Å². The number of halogens is 3. The lowest BCUT2D eigenvalue weighted by atomic mass is 10.2. The Morgan fingerprint density at radius 3 is 2.40 bits per heavy atom. The molecule has 0 unspecified atom stereocenters. The van der Waals surface area contributed by atoms with Gasteiger partial charge in [-0.2, -0.15) is 0 Å². The number of hydrogen-bond donors (Lipinski definition) is 2. The van der Waals surface area contributed by atoms with Crippen LogP contribution in [-0.4, -0.2) is 16.3 Å². The summed E-state index contributed by atoms with van der Waals surface area (Å²) in [5.41, 5.74) is 0.806. The van der Waals surface area contributed by atoms with Crippen LogP contribution in [0.5, 0.6) is 17.2 Å². The van der Waals surface area contributed by atoms with Gasteiger partial charge in [-0.25, -0.2) is 0 Å². The molecule has 0 saturated carbocycles. The largest absolute Gasteiger partial charge is 0.507 e. The molecule has 2 amide bonds. The van der Waals surface area contributed by atoms with E-state index in [0.29, 0.717) is 20.9 Å². The van der Waals surface area contributed by atoms with Crippen molar-refractivity contribution >= 4 is 90.1 Å². The van der Waals surface area contributed by atoms with Gasteiger partial charge in [-0.3, -0.25) is 14.9 Å². The van der Waals surface area contributed by atoms with Crippen molar-refractivity contribution in [3.63, 3.8) is 0 Å². The van der Waals surface area contributed by atoms with Gasteiger partial charge in [0, 0.05) is 0 Å². The van der Waals surface area contributed by atoms with E-state index in [9.17, 15) is 14.7 Å². The van der Waals surface area contributed by atoms with Crippen molar-refractivity contribution in [1.29, 1.82) is 0 Å². The monoisotopic (exact) mass is 643 g/mol. The average Bonchev–Trinajstić information content (AvgIpc) is 2.84. The maximum Gasteiger partial charge on any atom is 0.290 e. The number of carbonyl (C=O) groups excluding carboxylic acids is 2. The molecule has 0 aliphatic carbocycles. The van der Waals surface area contributed by atoms with Crippen LogP contribution in [0.2, 0.25) is 0 Å². The third-order valence-electron chi connectivity index (χ3n) is 3.10. The number of rotatable bonds is 3. The number of amides is 2. The summed E-state index contributed by atoms with van der Waals surface area (Å²) >= 11 is 8.46. The zero-order chi connectivity index (χ0) is 18.1. The zero-order valence-electron chi connectivity index (χ0n) is 12.2. The van der Waals surface area contributed by atoms with Gasteiger partial charge in [0.15, 0.2) is 5.75 Å². The fraction of sp³-hybridized carbons (Fsp3) is 0. The molecule has 2 aromatic carbocycles. The third-order valence-corrected chi connectivity index (χ3v) is 6.15. The lowest BCUT2D eigenvalue weighted by Crippen LogP contribution is -2.17. The summed E-state index contributed by atoms with van der Waals surface area (Å²) in [6, 6.07) is 8.65. The number of hydrogen-bond acceptors (Lipinski definition) is 5. The van der Waals surface area contributed by atoms with Crippen molar-refractivity contribution in [2.45, 2.75) is 0 Å². The van der Waals surface area contributed by atoms with Crippen molar-refractivity contribution in [2.24, 2.45) is 0 Å². The maximum atomic E-state index is 11.7. The quantitative estimate of drug-likeness (QED) is 0.342. The van der Waals surface area contributed by atoms with E-state index in [2.05, 4.69) is 66.4 Å². The SMILES string of the molecule is O=C1NC(=O)/C(=C/c2cc(I)c(Oc3ccc(O)c(Br)c3)c(I)c2)S1. The molecule has 1 aliphatic heterocycles. The van der Waals surface area contributed by atoms with E-state index >= 15 is 0 Å². The summed E-state index contributed by atoms with van der Waals surface area (Å²) in [7, 11) is 0. The molecule has 1 aliphatic rings. The Hall–Kier alpha value is -0.790. The predicted molar refractivity (Wildman–Crippen MR) is 117 cm³/mol. The number of imide groups is 1. The standard InChI is InChI=1S/C16H8BrI2NO4S/c17-9-6-8(1-2-12(9)21)24-14-10(18)3-7(4-11(14)19)5-13-15(22)20-16(23)25-13/h1-6,21H,(H,20,22,23)/b13-5-. The minimum absolute atomic E-state index is 0.139. The Morgan fingerprint density at radius 2 is 1.84 bits per heavy atom. The Balaban J connectivity index is 1.90. The average molecular weight is 644 g/mol. The van der Waals surface area contributed by atoms with E-state index in [0.717, 1.165) is 24.5 Å². The molecule has 9 heteroatoms. The Kier molecular flexibility index (Phi) is 5.96. The smallest absolute Gasteiger partial charge is 0.290 e. The van der Waals surface area contributed by atoms with Gasteiger partial charge in [0.25, 0.3) is 11.1 Å². The number of nitrogens with one attached hydrogen (secondary N) is 1. The first-order chi connectivity index (χ1) is 11.8. The number of carbonyl (C=O) groups is 2. The topological polar surface area (TPSA) is 75.6 Å². The van der Waals surface area contributed by atoms with Gasteiger partial charge >= 0.3 is 0 Å². The van der Waals surface area contributed by atoms with E-state index < -0.39 is 0 Å². The first-order valence-electron chi connectivity index (χ1n) is 6.74.